The fourth-order valence-electron chi connectivity index (χ4n) is 3.49. The number of rotatable bonds is 8. The highest BCUT2D eigenvalue weighted by Crippen LogP contribution is 2.30. The average molecular weight is 398 g/mol. The third-order valence-corrected chi connectivity index (χ3v) is 4.90. The average Bonchev–Trinajstić information content (AvgIpc) is 2.74. The van der Waals surface area contributed by atoms with E-state index in [1.807, 2.05) is 19.9 Å². The Kier molecular flexibility index (Phi) is 7.25. The van der Waals surface area contributed by atoms with Crippen molar-refractivity contribution < 1.29 is 13.9 Å². The molecule has 0 saturated carbocycles. The van der Waals surface area contributed by atoms with Crippen molar-refractivity contribution in [1.29, 1.82) is 5.26 Å². The Bertz CT molecular complexity index is 816. The summed E-state index contributed by atoms with van der Waals surface area (Å²) in [6.45, 7) is 7.08. The summed E-state index contributed by atoms with van der Waals surface area (Å²) in [7, 11) is 0. The van der Waals surface area contributed by atoms with Gasteiger partial charge in [-0.1, -0.05) is 0 Å². The number of hydrogen-bond acceptors (Lipinski definition) is 6. The SMILES string of the molecule is CCOc1cc(CN2CCC(Nc3ccc(C#N)cn3)CC2)cc(OCC)c1F. The highest BCUT2D eigenvalue weighted by molar-refractivity contribution is 5.41. The van der Waals surface area contributed by atoms with Crippen molar-refractivity contribution in [3.05, 3.63) is 47.4 Å². The molecule has 1 aromatic heterocycles. The molecule has 2 heterocycles. The van der Waals surface area contributed by atoms with Gasteiger partial charge in [0.25, 0.3) is 0 Å². The topological polar surface area (TPSA) is 70.4 Å². The van der Waals surface area contributed by atoms with Gasteiger partial charge < -0.3 is 14.8 Å². The van der Waals surface area contributed by atoms with Gasteiger partial charge in [-0.3, -0.25) is 4.90 Å². The maximum absolute atomic E-state index is 14.4. The predicted molar refractivity (Wildman–Crippen MR) is 110 cm³/mol. The van der Waals surface area contributed by atoms with E-state index in [-0.39, 0.29) is 11.5 Å². The third kappa shape index (κ3) is 5.58. The van der Waals surface area contributed by atoms with Crippen LogP contribution in [0.1, 0.15) is 37.8 Å². The quantitative estimate of drug-likeness (QED) is 0.726. The van der Waals surface area contributed by atoms with Crippen molar-refractivity contribution in [3.63, 3.8) is 0 Å². The molecule has 3 rings (SSSR count). The van der Waals surface area contributed by atoms with E-state index in [2.05, 4.69) is 21.3 Å². The fourth-order valence-corrected chi connectivity index (χ4v) is 3.49. The second-order valence-electron chi connectivity index (χ2n) is 7.01. The predicted octanol–water partition coefficient (Wildman–Crippen LogP) is 3.97. The number of ether oxygens (including phenoxy) is 2. The fraction of sp³-hybridized carbons (Fsp3) is 0.455. The first-order valence-corrected chi connectivity index (χ1v) is 10.1. The molecule has 0 bridgehead atoms. The second-order valence-corrected chi connectivity index (χ2v) is 7.01. The molecule has 6 nitrogen and oxygen atoms in total. The Morgan fingerprint density at radius 2 is 1.83 bits per heavy atom. The lowest BCUT2D eigenvalue weighted by Gasteiger charge is -2.32. The van der Waals surface area contributed by atoms with Gasteiger partial charge in [0, 0.05) is 31.9 Å². The van der Waals surface area contributed by atoms with Gasteiger partial charge in [0.1, 0.15) is 11.9 Å². The Labute approximate surface area is 171 Å². The van der Waals surface area contributed by atoms with E-state index in [4.69, 9.17) is 14.7 Å². The summed E-state index contributed by atoms with van der Waals surface area (Å²) >= 11 is 0. The summed E-state index contributed by atoms with van der Waals surface area (Å²) in [5, 5.41) is 12.3. The lowest BCUT2D eigenvalue weighted by atomic mass is 10.0. The molecule has 1 aliphatic heterocycles. The van der Waals surface area contributed by atoms with Gasteiger partial charge in [0.15, 0.2) is 11.5 Å². The van der Waals surface area contributed by atoms with Crippen LogP contribution in [-0.4, -0.2) is 42.2 Å². The van der Waals surface area contributed by atoms with E-state index in [1.165, 1.54) is 0 Å². The minimum Gasteiger partial charge on any atom is -0.491 e. The molecule has 1 aliphatic rings. The number of nitriles is 1. The molecule has 0 unspecified atom stereocenters. The summed E-state index contributed by atoms with van der Waals surface area (Å²) in [5.74, 6) is 0.854. The van der Waals surface area contributed by atoms with Gasteiger partial charge >= 0.3 is 0 Å². The Hall–Kier alpha value is -2.85. The first-order chi connectivity index (χ1) is 14.1. The Balaban J connectivity index is 1.57. The van der Waals surface area contributed by atoms with Crippen LogP contribution >= 0.6 is 0 Å². The number of pyridine rings is 1. The lowest BCUT2D eigenvalue weighted by Crippen LogP contribution is -2.38. The van der Waals surface area contributed by atoms with E-state index < -0.39 is 5.82 Å². The van der Waals surface area contributed by atoms with E-state index in [9.17, 15) is 4.39 Å². The zero-order chi connectivity index (χ0) is 20.6. The first kappa shape index (κ1) is 20.9. The molecule has 1 aromatic carbocycles. The maximum Gasteiger partial charge on any atom is 0.206 e. The van der Waals surface area contributed by atoms with Gasteiger partial charge in [0.05, 0.1) is 18.8 Å². The van der Waals surface area contributed by atoms with Crippen LogP contribution in [0.5, 0.6) is 11.5 Å². The van der Waals surface area contributed by atoms with Gasteiger partial charge in [-0.25, -0.2) is 4.98 Å². The summed E-state index contributed by atoms with van der Waals surface area (Å²) < 4.78 is 25.3. The second kappa shape index (κ2) is 10.1. The molecule has 1 N–H and O–H groups in total. The molecule has 1 fully saturated rings. The number of likely N-dealkylation sites (tertiary alicyclic amines) is 1. The molecular formula is C22H27FN4O2. The number of benzene rings is 1. The highest BCUT2D eigenvalue weighted by atomic mass is 19.1. The summed E-state index contributed by atoms with van der Waals surface area (Å²) in [6.07, 6.45) is 3.55. The first-order valence-electron chi connectivity index (χ1n) is 10.1. The van der Waals surface area contributed by atoms with E-state index in [0.717, 1.165) is 43.9 Å². The van der Waals surface area contributed by atoms with E-state index in [0.29, 0.717) is 24.8 Å². The lowest BCUT2D eigenvalue weighted by molar-refractivity contribution is 0.210. The van der Waals surface area contributed by atoms with Crippen molar-refractivity contribution in [1.82, 2.24) is 9.88 Å². The molecule has 154 valence electrons. The van der Waals surface area contributed by atoms with Crippen molar-refractivity contribution >= 4 is 5.82 Å². The standard InChI is InChI=1S/C22H27FN4O2/c1-3-28-19-11-17(12-20(22(19)23)29-4-2)15-27-9-7-18(8-10-27)26-21-6-5-16(13-24)14-25-21/h5-6,11-12,14,18H,3-4,7-10,15H2,1-2H3,(H,25,26). The maximum atomic E-state index is 14.4. The number of aromatic nitrogens is 1. The van der Waals surface area contributed by atoms with Gasteiger partial charge in [0.2, 0.25) is 5.82 Å². The van der Waals surface area contributed by atoms with Gasteiger partial charge in [-0.2, -0.15) is 9.65 Å². The number of halogens is 1. The third-order valence-electron chi connectivity index (χ3n) is 4.90. The molecule has 29 heavy (non-hydrogen) atoms. The minimum atomic E-state index is -0.435. The molecule has 0 aliphatic carbocycles. The zero-order valence-electron chi connectivity index (χ0n) is 16.9. The van der Waals surface area contributed by atoms with E-state index >= 15 is 0 Å². The number of nitrogens with zero attached hydrogens (tertiary/aromatic N) is 3. The summed E-state index contributed by atoms with van der Waals surface area (Å²) in [5.41, 5.74) is 1.54. The summed E-state index contributed by atoms with van der Waals surface area (Å²) in [4.78, 5) is 6.63. The molecular weight excluding hydrogens is 371 g/mol. The van der Waals surface area contributed by atoms with Crippen LogP contribution in [0.2, 0.25) is 0 Å². The van der Waals surface area contributed by atoms with Crippen molar-refractivity contribution in [3.8, 4) is 17.6 Å². The minimum absolute atomic E-state index is 0.247. The van der Waals surface area contributed by atoms with Crippen LogP contribution in [0.4, 0.5) is 10.2 Å². The largest absolute Gasteiger partial charge is 0.491 e. The monoisotopic (exact) mass is 398 g/mol. The Morgan fingerprint density at radius 3 is 2.34 bits per heavy atom. The van der Waals surface area contributed by atoms with Crippen LogP contribution in [0.15, 0.2) is 30.5 Å². The van der Waals surface area contributed by atoms with E-state index in [1.54, 1.807) is 24.4 Å². The molecule has 0 atom stereocenters. The normalized spacial score (nSPS) is 15.0. The summed E-state index contributed by atoms with van der Waals surface area (Å²) in [6, 6.07) is 9.57. The van der Waals surface area contributed by atoms with Gasteiger partial charge in [-0.15, -0.1) is 0 Å². The van der Waals surface area contributed by atoms with Crippen LogP contribution in [0.3, 0.4) is 0 Å². The number of piperidine rings is 1. The number of anilines is 1. The molecule has 0 spiro atoms. The van der Waals surface area contributed by atoms with Crippen LogP contribution < -0.4 is 14.8 Å². The van der Waals surface area contributed by atoms with Crippen LogP contribution in [0, 0.1) is 17.1 Å². The highest BCUT2D eigenvalue weighted by Gasteiger charge is 2.21. The smallest absolute Gasteiger partial charge is 0.206 e. The number of nitrogens with one attached hydrogen (secondary N) is 1. The zero-order valence-corrected chi connectivity index (χ0v) is 16.9. The van der Waals surface area contributed by atoms with Crippen molar-refractivity contribution in [2.24, 2.45) is 0 Å². The molecule has 2 aromatic rings. The van der Waals surface area contributed by atoms with Gasteiger partial charge in [-0.05, 0) is 56.5 Å². The van der Waals surface area contributed by atoms with Crippen LogP contribution in [-0.2, 0) is 6.54 Å². The van der Waals surface area contributed by atoms with Crippen molar-refractivity contribution in [2.75, 3.05) is 31.6 Å². The number of hydrogen-bond donors (Lipinski definition) is 1. The Morgan fingerprint density at radius 1 is 1.17 bits per heavy atom. The molecule has 0 amide bonds. The molecule has 7 heteroatoms. The molecule has 1 saturated heterocycles. The molecule has 0 radical (unpaired) electrons. The van der Waals surface area contributed by atoms with Crippen LogP contribution in [0.25, 0.3) is 0 Å². The van der Waals surface area contributed by atoms with Crippen molar-refractivity contribution in [2.45, 2.75) is 39.3 Å².